The number of carbonyl (C=O) groups is 5. The van der Waals surface area contributed by atoms with Crippen LogP contribution in [0.4, 0.5) is 9.59 Å². The molecule has 0 bridgehead atoms. The normalized spacial score (nSPS) is 16.8. The van der Waals surface area contributed by atoms with Gasteiger partial charge in [-0.3, -0.25) is 9.59 Å². The van der Waals surface area contributed by atoms with E-state index in [1.165, 1.54) is 4.90 Å². The van der Waals surface area contributed by atoms with Gasteiger partial charge in [-0.15, -0.1) is 0 Å². The summed E-state index contributed by atoms with van der Waals surface area (Å²) in [5.74, 6) is -1.93. The van der Waals surface area contributed by atoms with E-state index in [4.69, 9.17) is 14.2 Å². The number of alkyl carbamates (subject to hydrolysis) is 1. The second kappa shape index (κ2) is 12.7. The molecule has 0 aromatic rings. The van der Waals surface area contributed by atoms with Gasteiger partial charge in [0.1, 0.15) is 29.8 Å². The number of carbonyl (C=O) groups excluding carboxylic acids is 5. The van der Waals surface area contributed by atoms with Crippen LogP contribution in [-0.2, 0) is 28.6 Å². The Kier molecular flexibility index (Phi) is 11.0. The molecule has 0 aromatic carbocycles. The highest BCUT2D eigenvalue weighted by Crippen LogP contribution is 2.24. The second-order valence-corrected chi connectivity index (χ2v) is 10.3. The lowest BCUT2D eigenvalue weighted by Gasteiger charge is -2.34. The first kappa shape index (κ1) is 30.2. The fourth-order valence-electron chi connectivity index (χ4n) is 3.59. The number of likely N-dealkylation sites (tertiary alicyclic amines) is 1. The molecule has 35 heavy (non-hydrogen) atoms. The maximum atomic E-state index is 13.6. The van der Waals surface area contributed by atoms with Crippen LogP contribution in [0.3, 0.4) is 0 Å². The van der Waals surface area contributed by atoms with Gasteiger partial charge >= 0.3 is 18.2 Å². The Morgan fingerprint density at radius 1 is 1.00 bits per heavy atom. The van der Waals surface area contributed by atoms with Crippen LogP contribution in [0.5, 0.6) is 0 Å². The molecule has 11 heteroatoms. The molecule has 1 unspecified atom stereocenters. The van der Waals surface area contributed by atoms with Crippen molar-refractivity contribution in [2.75, 3.05) is 19.7 Å². The van der Waals surface area contributed by atoms with Crippen molar-refractivity contribution >= 4 is 30.0 Å². The number of ether oxygens (including phenoxy) is 3. The van der Waals surface area contributed by atoms with Gasteiger partial charge in [0, 0.05) is 6.54 Å². The predicted octanol–water partition coefficient (Wildman–Crippen LogP) is 3.00. The van der Waals surface area contributed by atoms with Crippen molar-refractivity contribution in [3.8, 4) is 0 Å². The Labute approximate surface area is 207 Å². The number of nitrogens with zero attached hydrogens (tertiary/aromatic N) is 2. The smallest absolute Gasteiger partial charge is 0.417 e. The summed E-state index contributed by atoms with van der Waals surface area (Å²) in [6, 6.07) is -2.16. The molecule has 1 aliphatic rings. The molecular weight excluding hydrogens is 458 g/mol. The zero-order valence-electron chi connectivity index (χ0n) is 22.3. The van der Waals surface area contributed by atoms with Gasteiger partial charge in [-0.05, 0) is 67.7 Å². The van der Waals surface area contributed by atoms with Crippen LogP contribution in [-0.4, -0.2) is 82.8 Å². The number of imide groups is 1. The second-order valence-electron chi connectivity index (χ2n) is 10.3. The van der Waals surface area contributed by atoms with Crippen LogP contribution in [0.15, 0.2) is 0 Å². The summed E-state index contributed by atoms with van der Waals surface area (Å²) < 4.78 is 15.7. The Morgan fingerprint density at radius 2 is 1.60 bits per heavy atom. The van der Waals surface area contributed by atoms with Crippen molar-refractivity contribution < 1.29 is 38.2 Å². The quantitative estimate of drug-likeness (QED) is 0.398. The zero-order valence-corrected chi connectivity index (χ0v) is 22.3. The molecule has 0 saturated carbocycles. The molecule has 1 rings (SSSR count). The van der Waals surface area contributed by atoms with Crippen LogP contribution in [0.25, 0.3) is 0 Å². The zero-order chi connectivity index (χ0) is 27.0. The van der Waals surface area contributed by atoms with E-state index in [9.17, 15) is 24.0 Å². The maximum Gasteiger partial charge on any atom is 0.417 e. The first-order chi connectivity index (χ1) is 16.1. The van der Waals surface area contributed by atoms with E-state index in [1.54, 1.807) is 48.5 Å². The lowest BCUT2D eigenvalue weighted by molar-refractivity contribution is -0.156. The van der Waals surface area contributed by atoms with E-state index >= 15 is 0 Å². The third-order valence-corrected chi connectivity index (χ3v) is 4.90. The Morgan fingerprint density at radius 3 is 2.11 bits per heavy atom. The highest BCUT2D eigenvalue weighted by Gasteiger charge is 2.44. The molecule has 1 saturated heterocycles. The third kappa shape index (κ3) is 9.73. The van der Waals surface area contributed by atoms with Gasteiger partial charge in [0.05, 0.1) is 6.61 Å². The van der Waals surface area contributed by atoms with Gasteiger partial charge in [0.25, 0.3) is 5.91 Å². The molecular formula is C24H41N3O8. The number of nitrogens with one attached hydrogen (secondary N) is 1. The van der Waals surface area contributed by atoms with Gasteiger partial charge in [-0.25, -0.2) is 19.3 Å². The van der Waals surface area contributed by atoms with Gasteiger partial charge < -0.3 is 24.4 Å². The molecule has 1 fully saturated rings. The lowest BCUT2D eigenvalue weighted by atomic mass is 10.1. The van der Waals surface area contributed by atoms with Crippen LogP contribution >= 0.6 is 0 Å². The fourth-order valence-corrected chi connectivity index (χ4v) is 3.59. The molecule has 4 amide bonds. The summed E-state index contributed by atoms with van der Waals surface area (Å²) in [5.41, 5.74) is -1.64. The number of rotatable bonds is 8. The number of amides is 4. The van der Waals surface area contributed by atoms with Crippen LogP contribution < -0.4 is 5.32 Å². The van der Waals surface area contributed by atoms with E-state index in [-0.39, 0.29) is 26.1 Å². The van der Waals surface area contributed by atoms with Crippen molar-refractivity contribution in [1.82, 2.24) is 15.1 Å². The first-order valence-corrected chi connectivity index (χ1v) is 12.1. The number of hydrogen-bond donors (Lipinski definition) is 1. The molecule has 1 aliphatic heterocycles. The van der Waals surface area contributed by atoms with Crippen LogP contribution in [0.1, 0.15) is 81.1 Å². The van der Waals surface area contributed by atoms with Gasteiger partial charge in [-0.1, -0.05) is 13.3 Å². The van der Waals surface area contributed by atoms with Crippen molar-refractivity contribution in [1.29, 1.82) is 0 Å². The molecule has 0 spiro atoms. The monoisotopic (exact) mass is 499 g/mol. The van der Waals surface area contributed by atoms with Crippen molar-refractivity contribution in [2.45, 2.75) is 104 Å². The van der Waals surface area contributed by atoms with Gasteiger partial charge in [0.15, 0.2) is 0 Å². The molecule has 11 nitrogen and oxygen atoms in total. The minimum Gasteiger partial charge on any atom is -0.464 e. The minimum absolute atomic E-state index is 0.0831. The molecule has 200 valence electrons. The number of esters is 1. The SMILES string of the molecule is CCCC(C(=O)OCC)N(C(=O)OC(C)(C)C)C(=O)[C@@H]1CCCN1C(=O)CNC(=O)OC(C)(C)C. The topological polar surface area (TPSA) is 132 Å². The average molecular weight is 500 g/mol. The number of hydrogen-bond acceptors (Lipinski definition) is 8. The largest absolute Gasteiger partial charge is 0.464 e. The molecule has 0 aliphatic carbocycles. The van der Waals surface area contributed by atoms with E-state index in [1.807, 2.05) is 6.92 Å². The molecule has 1 N–H and O–H groups in total. The molecule has 1 heterocycles. The van der Waals surface area contributed by atoms with Gasteiger partial charge in [0.2, 0.25) is 5.91 Å². The predicted molar refractivity (Wildman–Crippen MR) is 127 cm³/mol. The Bertz CT molecular complexity index is 785. The Hall–Kier alpha value is -2.85. The summed E-state index contributed by atoms with van der Waals surface area (Å²) in [7, 11) is 0. The van der Waals surface area contributed by atoms with E-state index in [0.29, 0.717) is 19.3 Å². The summed E-state index contributed by atoms with van der Waals surface area (Å²) in [5, 5.41) is 2.39. The summed E-state index contributed by atoms with van der Waals surface area (Å²) in [6.45, 7) is 13.5. The molecule has 2 atom stereocenters. The maximum absolute atomic E-state index is 13.6. The first-order valence-electron chi connectivity index (χ1n) is 12.1. The van der Waals surface area contributed by atoms with Crippen molar-refractivity contribution in [3.05, 3.63) is 0 Å². The lowest BCUT2D eigenvalue weighted by Crippen LogP contribution is -2.57. The Balaban J connectivity index is 3.15. The fraction of sp³-hybridized carbons (Fsp3) is 0.792. The summed E-state index contributed by atoms with van der Waals surface area (Å²) >= 11 is 0. The van der Waals surface area contributed by atoms with Crippen LogP contribution in [0, 0.1) is 0 Å². The molecule has 0 radical (unpaired) electrons. The van der Waals surface area contributed by atoms with Crippen LogP contribution in [0.2, 0.25) is 0 Å². The van der Waals surface area contributed by atoms with Gasteiger partial charge in [-0.2, -0.15) is 0 Å². The van der Waals surface area contributed by atoms with Crippen molar-refractivity contribution in [2.24, 2.45) is 0 Å². The van der Waals surface area contributed by atoms with E-state index in [0.717, 1.165) is 4.90 Å². The van der Waals surface area contributed by atoms with E-state index in [2.05, 4.69) is 5.32 Å². The summed E-state index contributed by atoms with van der Waals surface area (Å²) in [6.07, 6.45) is -0.214. The average Bonchev–Trinajstić information content (AvgIpc) is 3.19. The highest BCUT2D eigenvalue weighted by atomic mass is 16.6. The van der Waals surface area contributed by atoms with Crippen molar-refractivity contribution in [3.63, 3.8) is 0 Å². The third-order valence-electron chi connectivity index (χ3n) is 4.90. The highest BCUT2D eigenvalue weighted by molar-refractivity contribution is 6.01. The minimum atomic E-state index is -1.18. The molecule has 0 aromatic heterocycles. The van der Waals surface area contributed by atoms with E-state index < -0.39 is 53.3 Å². The summed E-state index contributed by atoms with van der Waals surface area (Å²) in [4.78, 5) is 66.4. The standard InChI is InChI=1S/C24H41N3O8/c1-9-12-17(20(30)33-10-2)27(22(32)35-24(6,7)8)19(29)16-13-11-14-26(16)18(28)15-25-21(31)34-23(3,4)5/h16-17H,9-15H2,1-8H3,(H,25,31)/t16-,17?/m0/s1.